The first-order valence-electron chi connectivity index (χ1n) is 17.4. The van der Waals surface area contributed by atoms with Crippen LogP contribution in [0.5, 0.6) is 11.5 Å². The lowest BCUT2D eigenvalue weighted by Gasteiger charge is -2.58. The second kappa shape index (κ2) is 14.3. The number of benzene rings is 2. The largest absolute Gasteiger partial charge is 0.493 e. The number of rotatable bonds is 11. The van der Waals surface area contributed by atoms with Gasteiger partial charge in [0.25, 0.3) is 5.91 Å². The first-order valence-corrected chi connectivity index (χ1v) is 18.4. The number of ether oxygens (including phenoxy) is 2. The number of para-hydroxylation sites is 1. The number of methoxy groups -OCH3 is 1. The molecule has 0 aliphatic heterocycles. The Labute approximate surface area is 303 Å². The first-order chi connectivity index (χ1) is 24.1. The van der Waals surface area contributed by atoms with Gasteiger partial charge in [-0.15, -0.1) is 0 Å². The Balaban J connectivity index is 1.31. The lowest BCUT2D eigenvalue weighted by atomic mass is 9.49. The maximum Gasteiger partial charge on any atom is 0.349 e. The molecule has 2 amide bonds. The minimum absolute atomic E-state index is 0.00693. The highest BCUT2D eigenvalue weighted by atomic mass is 127. The molecule has 3 unspecified atom stereocenters. The summed E-state index contributed by atoms with van der Waals surface area (Å²) < 4.78 is 18.3. The Morgan fingerprint density at radius 3 is 2.42 bits per heavy atom. The van der Waals surface area contributed by atoms with Gasteiger partial charge in [-0.25, -0.2) is 4.79 Å². The summed E-state index contributed by atoms with van der Waals surface area (Å²) in [6.45, 7) is -0.114. The molecule has 5 aliphatic rings. The van der Waals surface area contributed by atoms with Gasteiger partial charge in [-0.05, 0) is 120 Å². The molecule has 0 spiro atoms. The summed E-state index contributed by atoms with van der Waals surface area (Å²) in [5.41, 5.74) is 0.207. The van der Waals surface area contributed by atoms with Crippen LogP contribution in [0, 0.1) is 26.7 Å². The van der Waals surface area contributed by atoms with E-state index in [1.807, 2.05) is 0 Å². The molecule has 266 valence electrons. The highest BCUT2D eigenvalue weighted by Crippen LogP contribution is 2.60. The van der Waals surface area contributed by atoms with E-state index in [1.54, 1.807) is 53.4 Å². The molecular weight excluding hydrogens is 755 g/mol. The second-order valence-electron chi connectivity index (χ2n) is 14.6. The second-order valence-corrected chi connectivity index (χ2v) is 15.8. The number of carbonyl (C=O) groups excluding carboxylic acids is 2. The predicted octanol–water partition coefficient (Wildman–Crippen LogP) is 4.17. The minimum atomic E-state index is -1.30. The van der Waals surface area contributed by atoms with E-state index < -0.39 is 35.7 Å². The third-order valence-electron chi connectivity index (χ3n) is 11.1. The van der Waals surface area contributed by atoms with Gasteiger partial charge in [0.2, 0.25) is 5.91 Å². The Morgan fingerprint density at radius 1 is 1.06 bits per heavy atom. The number of hydrogen-bond donors (Lipinski definition) is 4. The normalized spacial score (nSPS) is 28.3. The maximum absolute atomic E-state index is 14.8. The standard InChI is InChI=1S/C38H43IN2O9/c1-48-32-12-24(19-43)11-28(39)34(32)49-31-15-26(35(45)40-6-7-42)14-29(33(31)44)41(20-38-16-21-8-22(17-38)10-23(9-21)18-38)36(46)27-13-25-4-2-3-5-30(25)50-37(27)47/h2-5,11-13,15,21-23,29,31,33,42-44H,6-10,14,16-20H2,1H3,(H,40,45). The van der Waals surface area contributed by atoms with Gasteiger partial charge in [0.15, 0.2) is 11.5 Å². The van der Waals surface area contributed by atoms with Crippen LogP contribution in [0.1, 0.15) is 60.9 Å². The molecule has 3 atom stereocenters. The summed E-state index contributed by atoms with van der Waals surface area (Å²) in [7, 11) is 1.48. The van der Waals surface area contributed by atoms with Crippen molar-refractivity contribution in [1.29, 1.82) is 0 Å². The zero-order valence-corrected chi connectivity index (χ0v) is 30.1. The third kappa shape index (κ3) is 6.79. The summed E-state index contributed by atoms with van der Waals surface area (Å²) in [4.78, 5) is 43.4. The molecule has 1 aromatic heterocycles. The lowest BCUT2D eigenvalue weighted by Crippen LogP contribution is -2.60. The maximum atomic E-state index is 14.8. The molecule has 3 aromatic rings. The minimum Gasteiger partial charge on any atom is -0.493 e. The molecule has 1 heterocycles. The van der Waals surface area contributed by atoms with Crippen molar-refractivity contribution in [2.24, 2.45) is 23.2 Å². The first kappa shape index (κ1) is 35.0. The number of hydrogen-bond acceptors (Lipinski definition) is 9. The van der Waals surface area contributed by atoms with E-state index in [-0.39, 0.29) is 42.7 Å². The van der Waals surface area contributed by atoms with Crippen LogP contribution in [0.25, 0.3) is 11.0 Å². The van der Waals surface area contributed by atoms with E-state index in [4.69, 9.17) is 13.9 Å². The summed E-state index contributed by atoms with van der Waals surface area (Å²) in [5.74, 6) is 1.42. The van der Waals surface area contributed by atoms with Crippen LogP contribution in [-0.2, 0) is 11.4 Å². The molecule has 50 heavy (non-hydrogen) atoms. The highest BCUT2D eigenvalue weighted by molar-refractivity contribution is 14.1. The average molecular weight is 799 g/mol. The van der Waals surface area contributed by atoms with Gasteiger partial charge < -0.3 is 39.4 Å². The van der Waals surface area contributed by atoms with E-state index in [9.17, 15) is 29.7 Å². The van der Waals surface area contributed by atoms with Crippen molar-refractivity contribution in [2.45, 2.75) is 69.8 Å². The quantitative estimate of drug-likeness (QED) is 0.165. The molecule has 4 bridgehead atoms. The van der Waals surface area contributed by atoms with E-state index in [0.29, 0.717) is 55.9 Å². The van der Waals surface area contributed by atoms with Crippen molar-refractivity contribution in [1.82, 2.24) is 10.2 Å². The van der Waals surface area contributed by atoms with Crippen LogP contribution in [0.4, 0.5) is 0 Å². The predicted molar refractivity (Wildman–Crippen MR) is 193 cm³/mol. The van der Waals surface area contributed by atoms with Crippen molar-refractivity contribution in [2.75, 3.05) is 26.8 Å². The molecule has 4 saturated carbocycles. The number of nitrogens with one attached hydrogen (secondary N) is 1. The van der Waals surface area contributed by atoms with Crippen LogP contribution in [0.15, 0.2) is 63.3 Å². The molecule has 12 heteroatoms. The Morgan fingerprint density at radius 2 is 1.76 bits per heavy atom. The fourth-order valence-corrected chi connectivity index (χ4v) is 10.2. The van der Waals surface area contributed by atoms with Crippen LogP contribution >= 0.6 is 22.6 Å². The van der Waals surface area contributed by atoms with Crippen LogP contribution in [0.3, 0.4) is 0 Å². The average Bonchev–Trinajstić information content (AvgIpc) is 3.09. The fourth-order valence-electron chi connectivity index (χ4n) is 9.44. The number of aliphatic hydroxyl groups excluding tert-OH is 3. The Kier molecular flexibility index (Phi) is 9.99. The van der Waals surface area contributed by atoms with Crippen molar-refractivity contribution in [3.8, 4) is 11.5 Å². The van der Waals surface area contributed by atoms with Gasteiger partial charge in [0.05, 0.1) is 29.9 Å². The van der Waals surface area contributed by atoms with Crippen molar-refractivity contribution in [3.05, 3.63) is 79.2 Å². The molecule has 0 radical (unpaired) electrons. The van der Waals surface area contributed by atoms with Crippen molar-refractivity contribution < 1.29 is 38.8 Å². The molecular formula is C38H43IN2O9. The monoisotopic (exact) mass is 798 g/mol. The zero-order valence-electron chi connectivity index (χ0n) is 28.0. The summed E-state index contributed by atoms with van der Waals surface area (Å²) >= 11 is 2.07. The molecule has 0 saturated heterocycles. The number of carbonyl (C=O) groups is 2. The van der Waals surface area contributed by atoms with Gasteiger partial charge in [-0.3, -0.25) is 9.59 Å². The molecule has 5 aliphatic carbocycles. The topological polar surface area (TPSA) is 159 Å². The lowest BCUT2D eigenvalue weighted by molar-refractivity contribution is -0.118. The molecule has 2 aromatic carbocycles. The number of amides is 2. The molecule has 4 fully saturated rings. The van der Waals surface area contributed by atoms with Gasteiger partial charge in [0.1, 0.15) is 23.4 Å². The van der Waals surface area contributed by atoms with E-state index in [0.717, 1.165) is 19.3 Å². The summed E-state index contributed by atoms with van der Waals surface area (Å²) in [6, 6.07) is 11.0. The van der Waals surface area contributed by atoms with Crippen LogP contribution < -0.4 is 20.4 Å². The van der Waals surface area contributed by atoms with Gasteiger partial charge in [-0.1, -0.05) is 18.2 Å². The SMILES string of the molecule is COc1cc(CO)cc(I)c1OC1C=C(C(=O)NCCO)CC(N(CC23CC4CC(CC(C4)C2)C3)C(=O)c2cc3ccccc3oc2=O)C1O. The van der Waals surface area contributed by atoms with Crippen LogP contribution in [0.2, 0.25) is 0 Å². The molecule has 8 rings (SSSR count). The van der Waals surface area contributed by atoms with Gasteiger partial charge in [0, 0.05) is 30.5 Å². The van der Waals surface area contributed by atoms with E-state index in [2.05, 4.69) is 27.9 Å². The Bertz CT molecular complexity index is 1840. The van der Waals surface area contributed by atoms with Crippen molar-refractivity contribution >= 4 is 45.4 Å². The van der Waals surface area contributed by atoms with Crippen molar-refractivity contribution in [3.63, 3.8) is 0 Å². The van der Waals surface area contributed by atoms with Gasteiger partial charge >= 0.3 is 5.63 Å². The number of nitrogens with zero attached hydrogens (tertiary/aromatic N) is 1. The fraction of sp³-hybridized carbons (Fsp3) is 0.500. The van der Waals surface area contributed by atoms with E-state index >= 15 is 0 Å². The summed E-state index contributed by atoms with van der Waals surface area (Å²) in [5, 5.41) is 34.7. The highest BCUT2D eigenvalue weighted by Gasteiger charge is 2.53. The number of aliphatic hydroxyl groups is 3. The third-order valence-corrected chi connectivity index (χ3v) is 11.9. The Hall–Kier alpha value is -3.46. The molecule has 11 nitrogen and oxygen atoms in total. The smallest absolute Gasteiger partial charge is 0.349 e. The van der Waals surface area contributed by atoms with Crippen LogP contribution in [-0.4, -0.2) is 77.1 Å². The number of fused-ring (bicyclic) bond motifs is 1. The molecule has 4 N–H and O–H groups in total. The number of halogens is 1. The van der Waals surface area contributed by atoms with Gasteiger partial charge in [-0.2, -0.15) is 0 Å². The zero-order chi connectivity index (χ0) is 35.2. The summed E-state index contributed by atoms with van der Waals surface area (Å²) in [6.07, 6.45) is 5.72. The van der Waals surface area contributed by atoms with E-state index in [1.165, 1.54) is 26.4 Å².